The summed E-state index contributed by atoms with van der Waals surface area (Å²) in [6.45, 7) is 3.55. The van der Waals surface area contributed by atoms with E-state index < -0.39 is 0 Å². The summed E-state index contributed by atoms with van der Waals surface area (Å²) in [4.78, 5) is 30.6. The van der Waals surface area contributed by atoms with Gasteiger partial charge in [0.05, 0.1) is 18.5 Å². The van der Waals surface area contributed by atoms with Crippen LogP contribution in [0.3, 0.4) is 0 Å². The first-order chi connectivity index (χ1) is 11.0. The van der Waals surface area contributed by atoms with E-state index in [-0.39, 0.29) is 23.7 Å². The van der Waals surface area contributed by atoms with Crippen molar-refractivity contribution >= 4 is 17.0 Å². The molecular formula is C15H16N4O4. The summed E-state index contributed by atoms with van der Waals surface area (Å²) in [6, 6.07) is 3.55. The standard InChI is InChI=1S/C15H16N4O4/c1-9-13-14(23-17-9)16-10(2)19(15(13)21)8-12(20)18(3)7-11-5-4-6-22-11/h4-6H,7-8H2,1-3H3. The lowest BCUT2D eigenvalue weighted by Gasteiger charge is -2.17. The summed E-state index contributed by atoms with van der Waals surface area (Å²) in [5.41, 5.74) is 0.325. The topological polar surface area (TPSA) is 94.4 Å². The Morgan fingerprint density at radius 1 is 1.39 bits per heavy atom. The van der Waals surface area contributed by atoms with Crippen molar-refractivity contribution in [2.45, 2.75) is 26.9 Å². The molecule has 3 rings (SSSR count). The first-order valence-electron chi connectivity index (χ1n) is 7.07. The first kappa shape index (κ1) is 15.0. The van der Waals surface area contributed by atoms with E-state index in [2.05, 4.69) is 10.1 Å². The number of rotatable bonds is 4. The van der Waals surface area contributed by atoms with Gasteiger partial charge in [-0.05, 0) is 26.0 Å². The Kier molecular flexibility index (Phi) is 3.73. The van der Waals surface area contributed by atoms with Crippen molar-refractivity contribution in [1.82, 2.24) is 19.6 Å². The second-order valence-corrected chi connectivity index (χ2v) is 5.33. The molecule has 0 atom stereocenters. The fourth-order valence-corrected chi connectivity index (χ4v) is 2.34. The quantitative estimate of drug-likeness (QED) is 0.719. The molecule has 3 aromatic rings. The van der Waals surface area contributed by atoms with Gasteiger partial charge < -0.3 is 13.8 Å². The zero-order chi connectivity index (χ0) is 16.6. The molecule has 0 spiro atoms. The Hall–Kier alpha value is -2.90. The van der Waals surface area contributed by atoms with Crippen molar-refractivity contribution in [1.29, 1.82) is 0 Å². The molecule has 3 heterocycles. The number of hydrogen-bond donors (Lipinski definition) is 0. The fraction of sp³-hybridized carbons (Fsp3) is 0.333. The van der Waals surface area contributed by atoms with Crippen molar-refractivity contribution < 1.29 is 13.7 Å². The van der Waals surface area contributed by atoms with E-state index in [9.17, 15) is 9.59 Å². The highest BCUT2D eigenvalue weighted by Crippen LogP contribution is 2.12. The van der Waals surface area contributed by atoms with Gasteiger partial charge in [0.15, 0.2) is 0 Å². The van der Waals surface area contributed by atoms with Crippen LogP contribution >= 0.6 is 0 Å². The number of carbonyl (C=O) groups excluding carboxylic acids is 1. The van der Waals surface area contributed by atoms with Gasteiger partial charge in [-0.25, -0.2) is 0 Å². The summed E-state index contributed by atoms with van der Waals surface area (Å²) in [5.74, 6) is 0.855. The molecule has 0 aliphatic heterocycles. The smallest absolute Gasteiger partial charge is 0.267 e. The number of furan rings is 1. The predicted octanol–water partition coefficient (Wildman–Crippen LogP) is 1.25. The molecule has 120 valence electrons. The average molecular weight is 316 g/mol. The molecule has 23 heavy (non-hydrogen) atoms. The molecule has 0 fully saturated rings. The highest BCUT2D eigenvalue weighted by Gasteiger charge is 2.18. The van der Waals surface area contributed by atoms with Crippen molar-refractivity contribution in [2.24, 2.45) is 0 Å². The Morgan fingerprint density at radius 3 is 2.87 bits per heavy atom. The fourth-order valence-electron chi connectivity index (χ4n) is 2.34. The van der Waals surface area contributed by atoms with Crippen LogP contribution in [0.4, 0.5) is 0 Å². The summed E-state index contributed by atoms with van der Waals surface area (Å²) in [5, 5.41) is 4.05. The van der Waals surface area contributed by atoms with Gasteiger partial charge in [0.25, 0.3) is 11.3 Å². The number of likely N-dealkylation sites (N-methyl/N-ethyl adjacent to an activating group) is 1. The largest absolute Gasteiger partial charge is 0.467 e. The molecule has 1 amide bonds. The number of hydrogen-bond acceptors (Lipinski definition) is 6. The maximum Gasteiger partial charge on any atom is 0.267 e. The molecule has 0 aliphatic rings. The van der Waals surface area contributed by atoms with E-state index in [1.165, 1.54) is 9.47 Å². The third-order valence-corrected chi connectivity index (χ3v) is 3.65. The molecular weight excluding hydrogens is 300 g/mol. The van der Waals surface area contributed by atoms with Gasteiger partial charge in [-0.2, -0.15) is 4.98 Å². The van der Waals surface area contributed by atoms with Gasteiger partial charge in [0, 0.05) is 7.05 Å². The Bertz CT molecular complexity index is 908. The third-order valence-electron chi connectivity index (χ3n) is 3.65. The third kappa shape index (κ3) is 2.75. The number of aromatic nitrogens is 3. The molecule has 0 bridgehead atoms. The van der Waals surface area contributed by atoms with Crippen molar-refractivity contribution in [3.63, 3.8) is 0 Å². The molecule has 0 saturated carbocycles. The van der Waals surface area contributed by atoms with Gasteiger partial charge in [-0.15, -0.1) is 0 Å². The van der Waals surface area contributed by atoms with E-state index in [0.29, 0.717) is 29.2 Å². The number of fused-ring (bicyclic) bond motifs is 1. The monoisotopic (exact) mass is 316 g/mol. The maximum absolute atomic E-state index is 12.5. The van der Waals surface area contributed by atoms with E-state index in [1.54, 1.807) is 39.3 Å². The number of aryl methyl sites for hydroxylation is 2. The molecule has 3 aromatic heterocycles. The molecule has 8 nitrogen and oxygen atoms in total. The lowest BCUT2D eigenvalue weighted by Crippen LogP contribution is -2.35. The SMILES string of the molecule is Cc1noc2nc(C)n(CC(=O)N(C)Cc3ccco3)c(=O)c12. The van der Waals surface area contributed by atoms with E-state index >= 15 is 0 Å². The van der Waals surface area contributed by atoms with E-state index in [0.717, 1.165) is 0 Å². The first-order valence-corrected chi connectivity index (χ1v) is 7.07. The van der Waals surface area contributed by atoms with Crippen LogP contribution in [0, 0.1) is 13.8 Å². The van der Waals surface area contributed by atoms with Crippen LogP contribution in [0.5, 0.6) is 0 Å². The maximum atomic E-state index is 12.5. The van der Waals surface area contributed by atoms with Crippen LogP contribution in [0.25, 0.3) is 11.1 Å². The van der Waals surface area contributed by atoms with Crippen LogP contribution in [-0.4, -0.2) is 32.6 Å². The highest BCUT2D eigenvalue weighted by atomic mass is 16.5. The lowest BCUT2D eigenvalue weighted by molar-refractivity contribution is -0.131. The van der Waals surface area contributed by atoms with E-state index in [4.69, 9.17) is 8.94 Å². The predicted molar refractivity (Wildman–Crippen MR) is 80.7 cm³/mol. The zero-order valence-corrected chi connectivity index (χ0v) is 13.1. The van der Waals surface area contributed by atoms with Crippen LogP contribution in [-0.2, 0) is 17.9 Å². The molecule has 0 saturated heterocycles. The Balaban J connectivity index is 1.87. The van der Waals surface area contributed by atoms with Crippen LogP contribution < -0.4 is 5.56 Å². The molecule has 0 aromatic carbocycles. The summed E-state index contributed by atoms with van der Waals surface area (Å²) in [6.07, 6.45) is 1.55. The van der Waals surface area contributed by atoms with Crippen LogP contribution in [0.1, 0.15) is 17.3 Å². The molecule has 0 unspecified atom stereocenters. The Morgan fingerprint density at radius 2 is 2.17 bits per heavy atom. The van der Waals surface area contributed by atoms with Crippen molar-refractivity contribution in [2.75, 3.05) is 7.05 Å². The second kappa shape index (κ2) is 5.71. The summed E-state index contributed by atoms with van der Waals surface area (Å²) >= 11 is 0. The molecule has 0 N–H and O–H groups in total. The highest BCUT2D eigenvalue weighted by molar-refractivity contribution is 5.77. The lowest BCUT2D eigenvalue weighted by atomic mass is 10.3. The summed E-state index contributed by atoms with van der Waals surface area (Å²) in [7, 11) is 1.65. The van der Waals surface area contributed by atoms with Crippen LogP contribution in [0.15, 0.2) is 32.1 Å². The molecule has 8 heteroatoms. The van der Waals surface area contributed by atoms with Crippen LogP contribution in [0.2, 0.25) is 0 Å². The van der Waals surface area contributed by atoms with Gasteiger partial charge >= 0.3 is 0 Å². The zero-order valence-electron chi connectivity index (χ0n) is 13.1. The van der Waals surface area contributed by atoms with Gasteiger partial charge in [0.2, 0.25) is 5.91 Å². The molecule has 0 aliphatic carbocycles. The van der Waals surface area contributed by atoms with Crippen molar-refractivity contribution in [3.05, 3.63) is 46.0 Å². The number of nitrogens with zero attached hydrogens (tertiary/aromatic N) is 4. The van der Waals surface area contributed by atoms with Crippen molar-refractivity contribution in [3.8, 4) is 0 Å². The number of carbonyl (C=O) groups is 1. The Labute approximate surface area is 131 Å². The molecule has 0 radical (unpaired) electrons. The average Bonchev–Trinajstić information content (AvgIpc) is 3.13. The number of amides is 1. The minimum Gasteiger partial charge on any atom is -0.467 e. The minimum absolute atomic E-state index is 0.102. The normalized spacial score (nSPS) is 11.1. The van der Waals surface area contributed by atoms with Gasteiger partial charge in [-0.3, -0.25) is 14.2 Å². The van der Waals surface area contributed by atoms with Gasteiger partial charge in [0.1, 0.15) is 23.5 Å². The van der Waals surface area contributed by atoms with Gasteiger partial charge in [-0.1, -0.05) is 5.16 Å². The van der Waals surface area contributed by atoms with E-state index in [1.807, 2.05) is 0 Å². The summed E-state index contributed by atoms with van der Waals surface area (Å²) < 4.78 is 11.6. The second-order valence-electron chi connectivity index (χ2n) is 5.33. The minimum atomic E-state index is -0.328.